The highest BCUT2D eigenvalue weighted by molar-refractivity contribution is 7.80. The maximum Gasteiger partial charge on any atom is 0.223 e. The molecule has 0 saturated heterocycles. The zero-order chi connectivity index (χ0) is 13.1. The Morgan fingerprint density at radius 3 is 2.47 bits per heavy atom. The molecule has 0 radical (unpaired) electrons. The summed E-state index contributed by atoms with van der Waals surface area (Å²) in [6, 6.07) is 0. The van der Waals surface area contributed by atoms with Gasteiger partial charge in [-0.25, -0.2) is 0 Å². The van der Waals surface area contributed by atoms with Crippen molar-refractivity contribution in [3.63, 3.8) is 0 Å². The largest absolute Gasteiger partial charge is 0.391 e. The minimum Gasteiger partial charge on any atom is -0.391 e. The lowest BCUT2D eigenvalue weighted by molar-refractivity contribution is -0.135. The highest BCUT2D eigenvalue weighted by Gasteiger charge is 2.40. The van der Waals surface area contributed by atoms with Gasteiger partial charge in [0.15, 0.2) is 0 Å². The predicted molar refractivity (Wildman–Crippen MR) is 71.8 cm³/mol. The van der Waals surface area contributed by atoms with Gasteiger partial charge in [-0.15, -0.1) is 0 Å². The molecule has 1 unspecified atom stereocenters. The number of rotatable bonds is 6. The number of nitrogens with two attached hydrogens (primary N) is 1. The van der Waals surface area contributed by atoms with Crippen LogP contribution in [0.2, 0.25) is 0 Å². The van der Waals surface area contributed by atoms with E-state index in [1.807, 2.05) is 13.8 Å². The molecule has 4 nitrogen and oxygen atoms in total. The summed E-state index contributed by atoms with van der Waals surface area (Å²) < 4.78 is 5.43. The van der Waals surface area contributed by atoms with Gasteiger partial charge in [-0.3, -0.25) is 4.79 Å². The molecule has 1 rings (SSSR count). The van der Waals surface area contributed by atoms with Crippen molar-refractivity contribution in [1.29, 1.82) is 0 Å². The Morgan fingerprint density at radius 2 is 2.18 bits per heavy atom. The summed E-state index contributed by atoms with van der Waals surface area (Å²) in [7, 11) is 1.67. The van der Waals surface area contributed by atoms with Crippen LogP contribution in [0, 0.1) is 0 Å². The fourth-order valence-corrected chi connectivity index (χ4v) is 2.19. The lowest BCUT2D eigenvalue weighted by Crippen LogP contribution is -2.56. The Bertz CT molecular complexity index is 310. The van der Waals surface area contributed by atoms with Gasteiger partial charge < -0.3 is 15.8 Å². The molecule has 3 N–H and O–H groups in total. The summed E-state index contributed by atoms with van der Waals surface area (Å²) in [6.07, 6.45) is 4.11. The number of hydrogen-bond acceptors (Lipinski definition) is 3. The number of amides is 1. The minimum absolute atomic E-state index is 0.0382. The van der Waals surface area contributed by atoms with Crippen molar-refractivity contribution in [2.75, 3.05) is 7.11 Å². The third kappa shape index (κ3) is 3.16. The molecule has 0 bridgehead atoms. The fourth-order valence-electron chi connectivity index (χ4n) is 1.99. The Balaban J connectivity index is 2.57. The quantitative estimate of drug-likeness (QED) is 0.709. The molecule has 1 fully saturated rings. The molecule has 5 heteroatoms. The van der Waals surface area contributed by atoms with E-state index in [9.17, 15) is 4.79 Å². The smallest absolute Gasteiger partial charge is 0.223 e. The van der Waals surface area contributed by atoms with Crippen LogP contribution in [-0.2, 0) is 9.53 Å². The minimum atomic E-state index is -0.592. The van der Waals surface area contributed by atoms with E-state index < -0.39 is 5.54 Å². The first-order valence-electron chi connectivity index (χ1n) is 6.03. The normalized spacial score (nSPS) is 21.1. The number of hydrogen-bond donors (Lipinski definition) is 2. The average molecular weight is 258 g/mol. The number of thiocarbonyl (C=S) groups is 1. The first-order chi connectivity index (χ1) is 7.87. The van der Waals surface area contributed by atoms with E-state index in [-0.39, 0.29) is 11.5 Å². The van der Waals surface area contributed by atoms with Gasteiger partial charge in [0.05, 0.1) is 22.5 Å². The maximum absolute atomic E-state index is 12.0. The van der Waals surface area contributed by atoms with Crippen molar-refractivity contribution in [2.24, 2.45) is 5.73 Å². The number of carbonyl (C=O) groups excluding carboxylic acids is 1. The summed E-state index contributed by atoms with van der Waals surface area (Å²) in [5.74, 6) is -0.0382. The molecule has 0 heterocycles. The van der Waals surface area contributed by atoms with Gasteiger partial charge in [-0.05, 0) is 32.6 Å². The van der Waals surface area contributed by atoms with E-state index in [0.29, 0.717) is 17.8 Å². The van der Waals surface area contributed by atoms with Gasteiger partial charge in [0, 0.05) is 7.11 Å². The van der Waals surface area contributed by atoms with Crippen molar-refractivity contribution in [3.8, 4) is 0 Å². The molecule has 1 saturated carbocycles. The second-order valence-electron chi connectivity index (χ2n) is 5.02. The molecule has 1 amide bonds. The van der Waals surface area contributed by atoms with Gasteiger partial charge in [0.2, 0.25) is 5.91 Å². The standard InChI is InChI=1S/C12H22N2O2S/c1-4-11(2,10(13)17)14-9(15)8-12(16-3)6-5-7-12/h4-8H2,1-3H3,(H2,13,17)(H,14,15). The Labute approximate surface area is 108 Å². The molecule has 98 valence electrons. The van der Waals surface area contributed by atoms with Crippen molar-refractivity contribution >= 4 is 23.1 Å². The third-order valence-electron chi connectivity index (χ3n) is 3.85. The average Bonchev–Trinajstić information content (AvgIpc) is 2.23. The Hall–Kier alpha value is -0.680. The van der Waals surface area contributed by atoms with Crippen LogP contribution in [0.4, 0.5) is 0 Å². The zero-order valence-corrected chi connectivity index (χ0v) is 11.7. The third-order valence-corrected chi connectivity index (χ3v) is 4.30. The van der Waals surface area contributed by atoms with Gasteiger partial charge in [0.1, 0.15) is 0 Å². The first kappa shape index (κ1) is 14.4. The topological polar surface area (TPSA) is 64.3 Å². The molecule has 0 aromatic rings. The predicted octanol–water partition coefficient (Wildman–Crippen LogP) is 1.52. The van der Waals surface area contributed by atoms with Crippen LogP contribution >= 0.6 is 12.2 Å². The van der Waals surface area contributed by atoms with Crippen LogP contribution in [0.15, 0.2) is 0 Å². The van der Waals surface area contributed by atoms with Crippen LogP contribution in [-0.4, -0.2) is 29.1 Å². The molecule has 1 aliphatic carbocycles. The van der Waals surface area contributed by atoms with E-state index >= 15 is 0 Å². The number of carbonyl (C=O) groups is 1. The monoisotopic (exact) mass is 258 g/mol. The van der Waals surface area contributed by atoms with Gasteiger partial charge in [-0.2, -0.15) is 0 Å². The van der Waals surface area contributed by atoms with Crippen LogP contribution < -0.4 is 11.1 Å². The lowest BCUT2D eigenvalue weighted by atomic mass is 9.77. The second-order valence-corrected chi connectivity index (χ2v) is 5.46. The molecule has 0 spiro atoms. The van der Waals surface area contributed by atoms with E-state index in [0.717, 1.165) is 19.3 Å². The van der Waals surface area contributed by atoms with E-state index in [1.165, 1.54) is 0 Å². The molecular weight excluding hydrogens is 236 g/mol. The summed E-state index contributed by atoms with van der Waals surface area (Å²) in [4.78, 5) is 12.3. The van der Waals surface area contributed by atoms with Crippen LogP contribution in [0.25, 0.3) is 0 Å². The number of nitrogens with one attached hydrogen (secondary N) is 1. The van der Waals surface area contributed by atoms with Gasteiger partial charge in [0.25, 0.3) is 0 Å². The van der Waals surface area contributed by atoms with E-state index in [1.54, 1.807) is 7.11 Å². The fraction of sp³-hybridized carbons (Fsp3) is 0.833. The lowest BCUT2D eigenvalue weighted by Gasteiger charge is -2.41. The maximum atomic E-state index is 12.0. The summed E-state index contributed by atoms with van der Waals surface area (Å²) in [5.41, 5.74) is 4.81. The van der Waals surface area contributed by atoms with Crippen molar-refractivity contribution in [3.05, 3.63) is 0 Å². The molecule has 0 aromatic heterocycles. The highest BCUT2D eigenvalue weighted by atomic mass is 32.1. The van der Waals surface area contributed by atoms with E-state index in [2.05, 4.69) is 5.32 Å². The zero-order valence-electron chi connectivity index (χ0n) is 10.8. The first-order valence-corrected chi connectivity index (χ1v) is 6.44. The number of ether oxygens (including phenoxy) is 1. The summed E-state index contributed by atoms with van der Waals surface area (Å²) in [6.45, 7) is 3.81. The molecule has 17 heavy (non-hydrogen) atoms. The summed E-state index contributed by atoms with van der Waals surface area (Å²) in [5, 5.41) is 2.92. The summed E-state index contributed by atoms with van der Waals surface area (Å²) >= 11 is 4.99. The molecule has 1 atom stereocenters. The van der Waals surface area contributed by atoms with Gasteiger partial charge in [-0.1, -0.05) is 19.1 Å². The van der Waals surface area contributed by atoms with Crippen molar-refractivity contribution in [2.45, 2.75) is 57.1 Å². The molecule has 0 aromatic carbocycles. The molecule has 1 aliphatic rings. The SMILES string of the molecule is CCC(C)(NC(=O)CC1(OC)CCC1)C(N)=S. The van der Waals surface area contributed by atoms with Crippen molar-refractivity contribution < 1.29 is 9.53 Å². The number of methoxy groups -OCH3 is 1. The Kier molecular flexibility index (Phi) is 4.49. The highest BCUT2D eigenvalue weighted by Crippen LogP contribution is 2.38. The molecule has 0 aliphatic heterocycles. The Morgan fingerprint density at radius 1 is 1.59 bits per heavy atom. The van der Waals surface area contributed by atoms with Crippen molar-refractivity contribution in [1.82, 2.24) is 5.32 Å². The van der Waals surface area contributed by atoms with Crippen LogP contribution in [0.5, 0.6) is 0 Å². The van der Waals surface area contributed by atoms with Crippen LogP contribution in [0.3, 0.4) is 0 Å². The van der Waals surface area contributed by atoms with Gasteiger partial charge >= 0.3 is 0 Å². The molecular formula is C12H22N2O2S. The van der Waals surface area contributed by atoms with Crippen LogP contribution in [0.1, 0.15) is 46.0 Å². The van der Waals surface area contributed by atoms with E-state index in [4.69, 9.17) is 22.7 Å². The second kappa shape index (κ2) is 5.31.